The van der Waals surface area contributed by atoms with E-state index in [0.29, 0.717) is 6.04 Å². The maximum atomic E-state index is 5.92. The van der Waals surface area contributed by atoms with Crippen LogP contribution in [-0.2, 0) is 19.4 Å². The van der Waals surface area contributed by atoms with Crippen molar-refractivity contribution >= 4 is 0 Å². The molecule has 1 atom stereocenters. The van der Waals surface area contributed by atoms with Crippen LogP contribution in [-0.4, -0.2) is 12.1 Å². The third-order valence-electron chi connectivity index (χ3n) is 6.36. The molecule has 0 radical (unpaired) electrons. The minimum Gasteiger partial charge on any atom is -0.496 e. The van der Waals surface area contributed by atoms with Gasteiger partial charge in [-0.1, -0.05) is 82.1 Å². The van der Waals surface area contributed by atoms with E-state index in [2.05, 4.69) is 81.5 Å². The van der Waals surface area contributed by atoms with E-state index in [0.717, 1.165) is 48.4 Å². The number of benzene rings is 2. The van der Waals surface area contributed by atoms with Gasteiger partial charge in [0.1, 0.15) is 5.75 Å². The molecule has 1 aromatic heterocycles. The van der Waals surface area contributed by atoms with Crippen LogP contribution in [0.15, 0.2) is 54.7 Å². The van der Waals surface area contributed by atoms with Gasteiger partial charge in [-0.2, -0.15) is 0 Å². The fraction of sp³-hybridized carbons (Fsp3) is 0.414. The lowest BCUT2D eigenvalue weighted by atomic mass is 9.92. The van der Waals surface area contributed by atoms with Gasteiger partial charge >= 0.3 is 0 Å². The van der Waals surface area contributed by atoms with Gasteiger partial charge in [0.05, 0.1) is 12.8 Å². The predicted octanol–water partition coefficient (Wildman–Crippen LogP) is 7.21. The zero-order valence-electron chi connectivity index (χ0n) is 20.4. The van der Waals surface area contributed by atoms with Crippen LogP contribution < -0.4 is 10.1 Å². The topological polar surface area (TPSA) is 34.2 Å². The van der Waals surface area contributed by atoms with E-state index in [1.54, 1.807) is 7.11 Å². The first kappa shape index (κ1) is 24.0. The third kappa shape index (κ3) is 5.39. The highest BCUT2D eigenvalue weighted by atomic mass is 16.5. The molecule has 3 aromatic rings. The first-order valence-electron chi connectivity index (χ1n) is 12.1. The number of nitrogens with one attached hydrogen (secondary N) is 1. The Kier molecular flexibility index (Phi) is 8.87. The number of nitrogens with zero attached hydrogens (tertiary/aromatic N) is 1. The van der Waals surface area contributed by atoms with E-state index >= 15 is 0 Å². The summed E-state index contributed by atoms with van der Waals surface area (Å²) in [6.07, 6.45) is 7.50. The van der Waals surface area contributed by atoms with Gasteiger partial charge in [0.2, 0.25) is 0 Å². The Bertz CT molecular complexity index is 975. The summed E-state index contributed by atoms with van der Waals surface area (Å²) in [7, 11) is 1.77. The SMILES string of the molecule is CCCCC(NCc1cnc(-c2c(CC)cccc2CC)c(C)c1OC)c1ccccc1. The number of rotatable bonds is 11. The van der Waals surface area contributed by atoms with E-state index in [-0.39, 0.29) is 0 Å². The second-order valence-electron chi connectivity index (χ2n) is 8.44. The van der Waals surface area contributed by atoms with Crippen molar-refractivity contribution in [3.8, 4) is 17.0 Å². The summed E-state index contributed by atoms with van der Waals surface area (Å²) >= 11 is 0. The number of methoxy groups -OCH3 is 1. The lowest BCUT2D eigenvalue weighted by molar-refractivity contribution is 0.399. The molecule has 3 heteroatoms. The molecule has 0 aliphatic carbocycles. The second kappa shape index (κ2) is 11.8. The van der Waals surface area contributed by atoms with Crippen molar-refractivity contribution in [3.05, 3.63) is 82.5 Å². The third-order valence-corrected chi connectivity index (χ3v) is 6.36. The molecular formula is C29H38N2O. The van der Waals surface area contributed by atoms with Gasteiger partial charge in [0.25, 0.3) is 0 Å². The zero-order valence-corrected chi connectivity index (χ0v) is 20.4. The molecule has 0 bridgehead atoms. The molecule has 0 saturated heterocycles. The summed E-state index contributed by atoms with van der Waals surface area (Å²) in [4.78, 5) is 4.97. The monoisotopic (exact) mass is 430 g/mol. The molecule has 1 unspecified atom stereocenters. The lowest BCUT2D eigenvalue weighted by Crippen LogP contribution is -2.21. The predicted molar refractivity (Wildman–Crippen MR) is 135 cm³/mol. The molecule has 0 aliphatic rings. The molecular weight excluding hydrogens is 392 g/mol. The van der Waals surface area contributed by atoms with Crippen LogP contribution in [0.25, 0.3) is 11.3 Å². The number of ether oxygens (including phenoxy) is 1. The molecule has 2 aromatic carbocycles. The van der Waals surface area contributed by atoms with Gasteiger partial charge in [0, 0.05) is 35.5 Å². The zero-order chi connectivity index (χ0) is 22.9. The van der Waals surface area contributed by atoms with Crippen LogP contribution in [0, 0.1) is 6.92 Å². The lowest BCUT2D eigenvalue weighted by Gasteiger charge is -2.22. The van der Waals surface area contributed by atoms with Gasteiger partial charge in [-0.15, -0.1) is 0 Å². The van der Waals surface area contributed by atoms with Crippen LogP contribution in [0.2, 0.25) is 0 Å². The van der Waals surface area contributed by atoms with Crippen LogP contribution in [0.3, 0.4) is 0 Å². The average Bonchev–Trinajstić information content (AvgIpc) is 2.84. The second-order valence-corrected chi connectivity index (χ2v) is 8.44. The molecule has 32 heavy (non-hydrogen) atoms. The Hall–Kier alpha value is -2.65. The van der Waals surface area contributed by atoms with E-state index in [4.69, 9.17) is 9.72 Å². The van der Waals surface area contributed by atoms with Crippen LogP contribution in [0.5, 0.6) is 5.75 Å². The number of pyridine rings is 1. The van der Waals surface area contributed by atoms with Gasteiger partial charge in [0.15, 0.2) is 0 Å². The molecule has 1 heterocycles. The molecule has 0 spiro atoms. The average molecular weight is 431 g/mol. The maximum Gasteiger partial charge on any atom is 0.129 e. The van der Waals surface area contributed by atoms with E-state index in [1.165, 1.54) is 35.1 Å². The fourth-order valence-electron chi connectivity index (χ4n) is 4.57. The van der Waals surface area contributed by atoms with E-state index in [9.17, 15) is 0 Å². The van der Waals surface area contributed by atoms with Crippen LogP contribution in [0.1, 0.15) is 73.9 Å². The highest BCUT2D eigenvalue weighted by molar-refractivity contribution is 5.73. The molecule has 1 N–H and O–H groups in total. The maximum absolute atomic E-state index is 5.92. The summed E-state index contributed by atoms with van der Waals surface area (Å²) in [5.74, 6) is 0.942. The number of aryl methyl sites for hydroxylation is 2. The summed E-state index contributed by atoms with van der Waals surface area (Å²) in [5.41, 5.74) is 8.58. The van der Waals surface area contributed by atoms with Crippen molar-refractivity contribution in [3.63, 3.8) is 0 Å². The van der Waals surface area contributed by atoms with Gasteiger partial charge in [-0.05, 0) is 42.9 Å². The quantitative estimate of drug-likeness (QED) is 0.349. The van der Waals surface area contributed by atoms with Gasteiger partial charge in [-0.3, -0.25) is 4.98 Å². The summed E-state index contributed by atoms with van der Waals surface area (Å²) in [6, 6.07) is 17.7. The Morgan fingerprint density at radius 3 is 2.19 bits per heavy atom. The molecule has 3 rings (SSSR count). The fourth-order valence-corrected chi connectivity index (χ4v) is 4.57. The molecule has 0 amide bonds. The highest BCUT2D eigenvalue weighted by Gasteiger charge is 2.19. The molecule has 0 fully saturated rings. The van der Waals surface area contributed by atoms with Crippen molar-refractivity contribution in [2.24, 2.45) is 0 Å². The van der Waals surface area contributed by atoms with Crippen molar-refractivity contribution in [1.82, 2.24) is 10.3 Å². The van der Waals surface area contributed by atoms with Crippen molar-refractivity contribution < 1.29 is 4.74 Å². The smallest absolute Gasteiger partial charge is 0.129 e. The first-order chi connectivity index (χ1) is 15.6. The van der Waals surface area contributed by atoms with Crippen LogP contribution in [0.4, 0.5) is 0 Å². The molecule has 0 aliphatic heterocycles. The van der Waals surface area contributed by atoms with Gasteiger partial charge < -0.3 is 10.1 Å². The Labute approximate surface area is 194 Å². The first-order valence-corrected chi connectivity index (χ1v) is 12.1. The van der Waals surface area contributed by atoms with Crippen LogP contribution >= 0.6 is 0 Å². The normalized spacial score (nSPS) is 12.0. The van der Waals surface area contributed by atoms with E-state index in [1.807, 2.05) is 6.20 Å². The molecule has 3 nitrogen and oxygen atoms in total. The number of unbranched alkanes of at least 4 members (excludes halogenated alkanes) is 1. The minimum atomic E-state index is 0.327. The van der Waals surface area contributed by atoms with Gasteiger partial charge in [-0.25, -0.2) is 0 Å². The molecule has 0 saturated carbocycles. The number of aromatic nitrogens is 1. The minimum absolute atomic E-state index is 0.327. The Morgan fingerprint density at radius 1 is 0.906 bits per heavy atom. The number of hydrogen-bond acceptors (Lipinski definition) is 3. The Balaban J connectivity index is 1.92. The van der Waals surface area contributed by atoms with Crippen molar-refractivity contribution in [2.75, 3.05) is 7.11 Å². The summed E-state index contributed by atoms with van der Waals surface area (Å²) in [5, 5.41) is 3.77. The molecule has 170 valence electrons. The van der Waals surface area contributed by atoms with E-state index < -0.39 is 0 Å². The largest absolute Gasteiger partial charge is 0.496 e. The van der Waals surface area contributed by atoms with Crippen molar-refractivity contribution in [1.29, 1.82) is 0 Å². The standard InChI is InChI=1S/C29H38N2O/c1-6-9-18-26(24-14-11-10-12-15-24)30-19-25-20-31-28(21(4)29(25)32-5)27-22(7-2)16-13-17-23(27)8-3/h10-17,20,26,30H,6-9,18-19H2,1-5H3. The van der Waals surface area contributed by atoms with Crippen molar-refractivity contribution in [2.45, 2.75) is 72.4 Å². The summed E-state index contributed by atoms with van der Waals surface area (Å²) < 4.78 is 5.92. The Morgan fingerprint density at radius 2 is 1.59 bits per heavy atom. The number of hydrogen-bond donors (Lipinski definition) is 1. The highest BCUT2D eigenvalue weighted by Crippen LogP contribution is 2.35. The summed E-state index contributed by atoms with van der Waals surface area (Å²) in [6.45, 7) is 9.54.